The zero-order valence-corrected chi connectivity index (χ0v) is 14.0. The molecule has 2 aliphatic rings. The fourth-order valence-corrected chi connectivity index (χ4v) is 3.87. The lowest BCUT2D eigenvalue weighted by Crippen LogP contribution is -2.50. The van der Waals surface area contributed by atoms with Gasteiger partial charge in [0.25, 0.3) is 0 Å². The van der Waals surface area contributed by atoms with E-state index in [1.165, 1.54) is 38.1 Å². The quantitative estimate of drug-likeness (QED) is 0.874. The standard InChI is InChI=1S/C19H27FN2O/c1-15(14-22-10-2-3-11-22)13-21-18(23)19(8-5-9-19)16-6-4-7-17(20)12-16/h4,6-7,12,15H,2-3,5,8-11,13-14H2,1H3,(H,21,23). The van der Waals surface area contributed by atoms with Crippen LogP contribution < -0.4 is 5.32 Å². The molecule has 2 fully saturated rings. The van der Waals surface area contributed by atoms with Crippen molar-refractivity contribution in [1.82, 2.24) is 10.2 Å². The van der Waals surface area contributed by atoms with Gasteiger partial charge < -0.3 is 10.2 Å². The molecule has 4 heteroatoms. The second-order valence-electron chi connectivity index (χ2n) is 7.27. The molecule has 3 nitrogen and oxygen atoms in total. The highest BCUT2D eigenvalue weighted by Gasteiger charge is 2.45. The number of nitrogens with one attached hydrogen (secondary N) is 1. The van der Waals surface area contributed by atoms with Crippen LogP contribution in [0.3, 0.4) is 0 Å². The van der Waals surface area contributed by atoms with Gasteiger partial charge in [-0.15, -0.1) is 0 Å². The molecular weight excluding hydrogens is 291 g/mol. The van der Waals surface area contributed by atoms with Crippen LogP contribution in [-0.2, 0) is 10.2 Å². The molecule has 0 bridgehead atoms. The van der Waals surface area contributed by atoms with Crippen LogP contribution in [0.1, 0.15) is 44.6 Å². The van der Waals surface area contributed by atoms with Crippen molar-refractivity contribution in [3.05, 3.63) is 35.6 Å². The first-order chi connectivity index (χ1) is 11.1. The predicted molar refractivity (Wildman–Crippen MR) is 89.8 cm³/mol. The topological polar surface area (TPSA) is 32.3 Å². The van der Waals surface area contributed by atoms with Crippen LogP contribution in [0, 0.1) is 11.7 Å². The lowest BCUT2D eigenvalue weighted by molar-refractivity contribution is -0.130. The molecule has 1 aromatic rings. The molecule has 1 aromatic carbocycles. The van der Waals surface area contributed by atoms with Gasteiger partial charge in [0.1, 0.15) is 5.82 Å². The smallest absolute Gasteiger partial charge is 0.230 e. The van der Waals surface area contributed by atoms with Crippen LogP contribution in [0.4, 0.5) is 4.39 Å². The summed E-state index contributed by atoms with van der Waals surface area (Å²) in [6.45, 7) is 6.31. The molecule has 1 unspecified atom stereocenters. The Morgan fingerprint density at radius 1 is 1.30 bits per heavy atom. The molecule has 1 saturated carbocycles. The summed E-state index contributed by atoms with van der Waals surface area (Å²) in [6, 6.07) is 6.54. The Labute approximate surface area is 138 Å². The number of benzene rings is 1. The normalized spacial score (nSPS) is 21.7. The minimum absolute atomic E-state index is 0.0719. The highest BCUT2D eigenvalue weighted by atomic mass is 19.1. The van der Waals surface area contributed by atoms with E-state index in [9.17, 15) is 9.18 Å². The number of halogens is 1. The van der Waals surface area contributed by atoms with Gasteiger partial charge in [0.15, 0.2) is 0 Å². The molecule has 1 amide bonds. The van der Waals surface area contributed by atoms with Crippen molar-refractivity contribution in [2.24, 2.45) is 5.92 Å². The van der Waals surface area contributed by atoms with Crippen molar-refractivity contribution >= 4 is 5.91 Å². The molecule has 3 rings (SSSR count). The number of hydrogen-bond donors (Lipinski definition) is 1. The van der Waals surface area contributed by atoms with E-state index in [-0.39, 0.29) is 11.7 Å². The van der Waals surface area contributed by atoms with Crippen molar-refractivity contribution in [2.75, 3.05) is 26.2 Å². The number of amides is 1. The van der Waals surface area contributed by atoms with Gasteiger partial charge in [-0.2, -0.15) is 0 Å². The molecule has 0 radical (unpaired) electrons. The molecule has 1 N–H and O–H groups in total. The Morgan fingerprint density at radius 2 is 2.04 bits per heavy atom. The van der Waals surface area contributed by atoms with E-state index in [0.717, 1.165) is 31.4 Å². The maximum atomic E-state index is 13.5. The fourth-order valence-electron chi connectivity index (χ4n) is 3.87. The second kappa shape index (κ2) is 7.00. The highest BCUT2D eigenvalue weighted by molar-refractivity contribution is 5.89. The summed E-state index contributed by atoms with van der Waals surface area (Å²) in [6.07, 6.45) is 5.27. The number of carbonyl (C=O) groups is 1. The molecule has 0 spiro atoms. The van der Waals surface area contributed by atoms with E-state index in [1.54, 1.807) is 6.07 Å². The van der Waals surface area contributed by atoms with Crippen LogP contribution in [-0.4, -0.2) is 37.0 Å². The first kappa shape index (κ1) is 16.4. The lowest BCUT2D eigenvalue weighted by atomic mass is 9.63. The molecule has 1 aliphatic heterocycles. The summed E-state index contributed by atoms with van der Waals surface area (Å²) in [5.41, 5.74) is 0.323. The van der Waals surface area contributed by atoms with E-state index in [2.05, 4.69) is 17.1 Å². The van der Waals surface area contributed by atoms with Crippen molar-refractivity contribution < 1.29 is 9.18 Å². The van der Waals surface area contributed by atoms with E-state index >= 15 is 0 Å². The van der Waals surface area contributed by atoms with Crippen LogP contribution in [0.2, 0.25) is 0 Å². The summed E-state index contributed by atoms with van der Waals surface area (Å²) in [5, 5.41) is 3.13. The third kappa shape index (κ3) is 3.57. The van der Waals surface area contributed by atoms with Gasteiger partial charge in [-0.3, -0.25) is 4.79 Å². The monoisotopic (exact) mass is 318 g/mol. The molecule has 1 aliphatic carbocycles. The molecule has 1 saturated heterocycles. The number of hydrogen-bond acceptors (Lipinski definition) is 2. The van der Waals surface area contributed by atoms with Crippen molar-refractivity contribution in [1.29, 1.82) is 0 Å². The largest absolute Gasteiger partial charge is 0.355 e. The summed E-state index contributed by atoms with van der Waals surface area (Å²) in [4.78, 5) is 15.2. The summed E-state index contributed by atoms with van der Waals surface area (Å²) in [7, 11) is 0. The van der Waals surface area contributed by atoms with Gasteiger partial charge >= 0.3 is 0 Å². The SMILES string of the molecule is CC(CNC(=O)C1(c2cccc(F)c2)CCC1)CN1CCCC1. The zero-order valence-electron chi connectivity index (χ0n) is 14.0. The van der Waals surface area contributed by atoms with E-state index < -0.39 is 5.41 Å². The Balaban J connectivity index is 1.57. The predicted octanol–water partition coefficient (Wildman–Crippen LogP) is 3.10. The van der Waals surface area contributed by atoms with Gasteiger partial charge in [0, 0.05) is 13.1 Å². The Hall–Kier alpha value is -1.42. The molecule has 0 aromatic heterocycles. The molecule has 126 valence electrons. The van der Waals surface area contributed by atoms with E-state index in [1.807, 2.05) is 6.07 Å². The maximum Gasteiger partial charge on any atom is 0.230 e. The van der Waals surface area contributed by atoms with Gasteiger partial charge in [0.2, 0.25) is 5.91 Å². The number of carbonyl (C=O) groups excluding carboxylic acids is 1. The Morgan fingerprint density at radius 3 is 2.65 bits per heavy atom. The van der Waals surface area contributed by atoms with Crippen LogP contribution in [0.25, 0.3) is 0 Å². The number of nitrogens with zero attached hydrogens (tertiary/aromatic N) is 1. The molecule has 1 atom stereocenters. The lowest BCUT2D eigenvalue weighted by Gasteiger charge is -2.41. The fraction of sp³-hybridized carbons (Fsp3) is 0.632. The average Bonchev–Trinajstić information content (AvgIpc) is 2.97. The second-order valence-corrected chi connectivity index (χ2v) is 7.27. The van der Waals surface area contributed by atoms with Crippen LogP contribution in [0.15, 0.2) is 24.3 Å². The average molecular weight is 318 g/mol. The van der Waals surface area contributed by atoms with Gasteiger partial charge in [-0.25, -0.2) is 4.39 Å². The first-order valence-electron chi connectivity index (χ1n) is 8.87. The van der Waals surface area contributed by atoms with Gasteiger partial charge in [-0.05, 0) is 62.4 Å². The van der Waals surface area contributed by atoms with E-state index in [4.69, 9.17) is 0 Å². The zero-order chi connectivity index (χ0) is 16.3. The van der Waals surface area contributed by atoms with Crippen molar-refractivity contribution in [2.45, 2.75) is 44.4 Å². The Bertz CT molecular complexity index is 550. The minimum atomic E-state index is -0.504. The third-order valence-electron chi connectivity index (χ3n) is 5.40. The van der Waals surface area contributed by atoms with Crippen molar-refractivity contribution in [3.8, 4) is 0 Å². The van der Waals surface area contributed by atoms with E-state index in [0.29, 0.717) is 12.5 Å². The third-order valence-corrected chi connectivity index (χ3v) is 5.40. The minimum Gasteiger partial charge on any atom is -0.355 e. The van der Waals surface area contributed by atoms with Gasteiger partial charge in [0.05, 0.1) is 5.41 Å². The first-order valence-corrected chi connectivity index (χ1v) is 8.87. The number of rotatable bonds is 6. The van der Waals surface area contributed by atoms with Crippen molar-refractivity contribution in [3.63, 3.8) is 0 Å². The highest BCUT2D eigenvalue weighted by Crippen LogP contribution is 2.44. The Kier molecular flexibility index (Phi) is 5.00. The molecule has 23 heavy (non-hydrogen) atoms. The number of likely N-dealkylation sites (tertiary alicyclic amines) is 1. The van der Waals surface area contributed by atoms with Crippen LogP contribution in [0.5, 0.6) is 0 Å². The van der Waals surface area contributed by atoms with Crippen LogP contribution >= 0.6 is 0 Å². The summed E-state index contributed by atoms with van der Waals surface area (Å²) >= 11 is 0. The van der Waals surface area contributed by atoms with Gasteiger partial charge in [-0.1, -0.05) is 25.5 Å². The summed E-state index contributed by atoms with van der Waals surface area (Å²) < 4.78 is 13.5. The molecular formula is C19H27FN2O. The maximum absolute atomic E-state index is 13.5. The summed E-state index contributed by atoms with van der Waals surface area (Å²) in [5.74, 6) is 0.258. The molecule has 1 heterocycles.